The van der Waals surface area contributed by atoms with Crippen molar-refractivity contribution in [1.82, 2.24) is 5.32 Å². The zero-order valence-corrected chi connectivity index (χ0v) is 12.0. The number of hydrogen-bond acceptors (Lipinski definition) is 4. The molecule has 1 aromatic carbocycles. The molecule has 1 aromatic rings. The average molecular weight is 267 g/mol. The zero-order chi connectivity index (χ0) is 14.3. The van der Waals surface area contributed by atoms with Crippen LogP contribution in [0.4, 0.5) is 0 Å². The topological polar surface area (TPSA) is 61.7 Å². The Hall–Kier alpha value is -1.10. The Labute approximate surface area is 115 Å². The van der Waals surface area contributed by atoms with E-state index in [4.69, 9.17) is 9.84 Å². The van der Waals surface area contributed by atoms with Crippen LogP contribution in [-0.2, 0) is 0 Å². The Morgan fingerprint density at radius 3 is 2.68 bits per heavy atom. The van der Waals surface area contributed by atoms with Gasteiger partial charge in [-0.2, -0.15) is 0 Å². The second kappa shape index (κ2) is 8.15. The summed E-state index contributed by atoms with van der Waals surface area (Å²) in [5.74, 6) is 1.02. The monoisotopic (exact) mass is 267 g/mol. The highest BCUT2D eigenvalue weighted by Gasteiger charge is 2.07. The molecule has 0 spiro atoms. The summed E-state index contributed by atoms with van der Waals surface area (Å²) in [5, 5.41) is 21.8. The van der Waals surface area contributed by atoms with E-state index in [1.54, 1.807) is 0 Å². The van der Waals surface area contributed by atoms with Crippen LogP contribution in [0.25, 0.3) is 0 Å². The van der Waals surface area contributed by atoms with Crippen molar-refractivity contribution >= 4 is 0 Å². The Morgan fingerprint density at radius 1 is 1.26 bits per heavy atom. The van der Waals surface area contributed by atoms with Crippen LogP contribution in [0.2, 0.25) is 0 Å². The van der Waals surface area contributed by atoms with Crippen molar-refractivity contribution < 1.29 is 14.9 Å². The fraction of sp³-hybridized carbons (Fsp3) is 0.600. The van der Waals surface area contributed by atoms with Gasteiger partial charge in [-0.1, -0.05) is 19.1 Å². The Morgan fingerprint density at radius 2 is 2.00 bits per heavy atom. The highest BCUT2D eigenvalue weighted by molar-refractivity contribution is 5.35. The summed E-state index contributed by atoms with van der Waals surface area (Å²) in [6.45, 7) is 7.54. The average Bonchev–Trinajstić information content (AvgIpc) is 2.39. The molecule has 4 heteroatoms. The molecule has 0 aliphatic carbocycles. The van der Waals surface area contributed by atoms with Gasteiger partial charge in [0.2, 0.25) is 0 Å². The third-order valence-electron chi connectivity index (χ3n) is 2.96. The molecule has 0 radical (unpaired) electrons. The first-order chi connectivity index (χ1) is 9.02. The molecule has 3 N–H and O–H groups in total. The van der Waals surface area contributed by atoms with Crippen molar-refractivity contribution in [3.05, 3.63) is 29.3 Å². The lowest BCUT2D eigenvalue weighted by Crippen LogP contribution is -2.34. The molecule has 19 heavy (non-hydrogen) atoms. The first-order valence-electron chi connectivity index (χ1n) is 6.72. The van der Waals surface area contributed by atoms with Gasteiger partial charge in [-0.15, -0.1) is 0 Å². The van der Waals surface area contributed by atoms with E-state index in [1.165, 1.54) is 0 Å². The van der Waals surface area contributed by atoms with Gasteiger partial charge in [0.15, 0.2) is 0 Å². The van der Waals surface area contributed by atoms with Gasteiger partial charge in [-0.3, -0.25) is 0 Å². The molecule has 0 heterocycles. The van der Waals surface area contributed by atoms with Crippen LogP contribution in [0, 0.1) is 19.8 Å². The molecular weight excluding hydrogens is 242 g/mol. The van der Waals surface area contributed by atoms with Crippen LogP contribution < -0.4 is 10.1 Å². The largest absolute Gasteiger partial charge is 0.491 e. The first kappa shape index (κ1) is 16.0. The molecule has 0 saturated heterocycles. The van der Waals surface area contributed by atoms with E-state index in [0.29, 0.717) is 13.1 Å². The first-order valence-corrected chi connectivity index (χ1v) is 6.72. The molecule has 108 valence electrons. The molecule has 2 atom stereocenters. The highest BCUT2D eigenvalue weighted by Crippen LogP contribution is 2.19. The van der Waals surface area contributed by atoms with Crippen molar-refractivity contribution in [2.45, 2.75) is 26.9 Å². The standard InChI is InChI=1S/C15H25NO3/c1-11-4-5-13(3)15(6-11)19-10-14(18)8-16-7-12(2)9-17/h4-6,12,14,16-18H,7-10H2,1-3H3. The van der Waals surface area contributed by atoms with Crippen LogP contribution in [0.5, 0.6) is 5.75 Å². The Balaban J connectivity index is 2.29. The quantitative estimate of drug-likeness (QED) is 0.663. The van der Waals surface area contributed by atoms with Crippen LogP contribution in [0.3, 0.4) is 0 Å². The number of aliphatic hydroxyl groups excluding tert-OH is 2. The van der Waals surface area contributed by atoms with E-state index in [2.05, 4.69) is 5.32 Å². The van der Waals surface area contributed by atoms with Gasteiger partial charge in [-0.25, -0.2) is 0 Å². The molecule has 4 nitrogen and oxygen atoms in total. The van der Waals surface area contributed by atoms with Gasteiger partial charge < -0.3 is 20.3 Å². The second-order valence-electron chi connectivity index (χ2n) is 5.18. The fourth-order valence-electron chi connectivity index (χ4n) is 1.67. The predicted molar refractivity (Wildman–Crippen MR) is 76.5 cm³/mol. The van der Waals surface area contributed by atoms with Gasteiger partial charge in [0.05, 0.1) is 0 Å². The normalized spacial score (nSPS) is 14.2. The molecule has 2 unspecified atom stereocenters. The summed E-state index contributed by atoms with van der Waals surface area (Å²) in [6.07, 6.45) is -0.550. The van der Waals surface area contributed by atoms with E-state index >= 15 is 0 Å². The van der Waals surface area contributed by atoms with E-state index in [-0.39, 0.29) is 19.1 Å². The van der Waals surface area contributed by atoms with Crippen molar-refractivity contribution in [3.63, 3.8) is 0 Å². The van der Waals surface area contributed by atoms with Crippen LogP contribution >= 0.6 is 0 Å². The summed E-state index contributed by atoms with van der Waals surface area (Å²) >= 11 is 0. The molecule has 1 rings (SSSR count). The minimum Gasteiger partial charge on any atom is -0.491 e. The van der Waals surface area contributed by atoms with Crippen molar-refractivity contribution in [2.75, 3.05) is 26.3 Å². The number of aliphatic hydroxyl groups is 2. The van der Waals surface area contributed by atoms with E-state index in [1.807, 2.05) is 39.0 Å². The van der Waals surface area contributed by atoms with Crippen LogP contribution in [-0.4, -0.2) is 42.6 Å². The Kier molecular flexibility index (Phi) is 6.84. The fourth-order valence-corrected chi connectivity index (χ4v) is 1.67. The second-order valence-corrected chi connectivity index (χ2v) is 5.18. The third kappa shape index (κ3) is 6.05. The maximum Gasteiger partial charge on any atom is 0.122 e. The summed E-state index contributed by atoms with van der Waals surface area (Å²) in [4.78, 5) is 0. The summed E-state index contributed by atoms with van der Waals surface area (Å²) in [6, 6.07) is 6.03. The molecule has 0 saturated carbocycles. The number of nitrogens with one attached hydrogen (secondary N) is 1. The van der Waals surface area contributed by atoms with Crippen molar-refractivity contribution in [2.24, 2.45) is 5.92 Å². The highest BCUT2D eigenvalue weighted by atomic mass is 16.5. The SMILES string of the molecule is Cc1ccc(C)c(OCC(O)CNCC(C)CO)c1. The lowest BCUT2D eigenvalue weighted by atomic mass is 10.1. The summed E-state index contributed by atoms with van der Waals surface area (Å²) in [5.41, 5.74) is 2.21. The van der Waals surface area contributed by atoms with Gasteiger partial charge in [0, 0.05) is 13.2 Å². The summed E-state index contributed by atoms with van der Waals surface area (Å²) < 4.78 is 5.62. The van der Waals surface area contributed by atoms with Gasteiger partial charge >= 0.3 is 0 Å². The molecule has 0 amide bonds. The predicted octanol–water partition coefficient (Wildman–Crippen LogP) is 1.26. The van der Waals surface area contributed by atoms with E-state index < -0.39 is 6.10 Å². The Bertz CT molecular complexity index is 382. The zero-order valence-electron chi connectivity index (χ0n) is 12.0. The lowest BCUT2D eigenvalue weighted by molar-refractivity contribution is 0.104. The van der Waals surface area contributed by atoms with Crippen LogP contribution in [0.15, 0.2) is 18.2 Å². The molecule has 0 fully saturated rings. The smallest absolute Gasteiger partial charge is 0.122 e. The number of ether oxygens (including phenoxy) is 1. The maximum atomic E-state index is 9.81. The molecule has 0 aromatic heterocycles. The summed E-state index contributed by atoms with van der Waals surface area (Å²) in [7, 11) is 0. The molecular formula is C15H25NO3. The number of rotatable bonds is 8. The minimum absolute atomic E-state index is 0.155. The van der Waals surface area contributed by atoms with Crippen LogP contribution in [0.1, 0.15) is 18.1 Å². The van der Waals surface area contributed by atoms with Gasteiger partial charge in [0.1, 0.15) is 18.5 Å². The number of benzene rings is 1. The minimum atomic E-state index is -0.550. The molecule has 0 bridgehead atoms. The molecule has 0 aliphatic heterocycles. The lowest BCUT2D eigenvalue weighted by Gasteiger charge is -2.16. The maximum absolute atomic E-state index is 9.81. The van der Waals surface area contributed by atoms with E-state index in [9.17, 15) is 5.11 Å². The number of aryl methyl sites for hydroxylation is 2. The molecule has 0 aliphatic rings. The van der Waals surface area contributed by atoms with E-state index in [0.717, 1.165) is 16.9 Å². The van der Waals surface area contributed by atoms with Crippen molar-refractivity contribution in [3.8, 4) is 5.75 Å². The number of hydrogen-bond donors (Lipinski definition) is 3. The van der Waals surface area contributed by atoms with Crippen molar-refractivity contribution in [1.29, 1.82) is 0 Å². The third-order valence-corrected chi connectivity index (χ3v) is 2.96. The van der Waals surface area contributed by atoms with Gasteiger partial charge in [0.25, 0.3) is 0 Å². The van der Waals surface area contributed by atoms with Gasteiger partial charge in [-0.05, 0) is 43.5 Å².